The standard InChI is InChI=1S/C15H22N4O2/c1-9(2)19-8-12(7-16-19)14(20)17-15(5,6)13-10(3)18-21-11(13)4/h7-9H,1-6H3,(H,17,20). The van der Waals surface area contributed by atoms with Gasteiger partial charge in [-0.2, -0.15) is 5.10 Å². The molecule has 2 rings (SSSR count). The van der Waals surface area contributed by atoms with Gasteiger partial charge in [-0.3, -0.25) is 9.48 Å². The zero-order chi connectivity index (χ0) is 15.8. The normalized spacial score (nSPS) is 12.0. The molecular formula is C15H22N4O2. The minimum absolute atomic E-state index is 0.160. The van der Waals surface area contributed by atoms with Gasteiger partial charge in [0.1, 0.15) is 5.76 Å². The average molecular weight is 290 g/mol. The molecule has 2 heterocycles. The van der Waals surface area contributed by atoms with Crippen molar-refractivity contribution >= 4 is 5.91 Å². The molecule has 0 bridgehead atoms. The van der Waals surface area contributed by atoms with Gasteiger partial charge in [0, 0.05) is 17.8 Å². The van der Waals surface area contributed by atoms with Crippen molar-refractivity contribution < 1.29 is 9.32 Å². The fraction of sp³-hybridized carbons (Fsp3) is 0.533. The first kappa shape index (κ1) is 15.3. The Hall–Kier alpha value is -2.11. The molecule has 1 amide bonds. The molecule has 0 spiro atoms. The number of aryl methyl sites for hydroxylation is 2. The van der Waals surface area contributed by atoms with Gasteiger partial charge in [-0.25, -0.2) is 0 Å². The van der Waals surface area contributed by atoms with Crippen LogP contribution in [0.4, 0.5) is 0 Å². The second kappa shape index (κ2) is 5.35. The SMILES string of the molecule is Cc1noc(C)c1C(C)(C)NC(=O)c1cnn(C(C)C)c1. The first-order chi connectivity index (χ1) is 9.72. The molecule has 114 valence electrons. The van der Waals surface area contributed by atoms with Crippen molar-refractivity contribution in [1.82, 2.24) is 20.3 Å². The summed E-state index contributed by atoms with van der Waals surface area (Å²) in [5.74, 6) is 0.558. The van der Waals surface area contributed by atoms with Crippen molar-refractivity contribution in [2.45, 2.75) is 53.1 Å². The van der Waals surface area contributed by atoms with Crippen LogP contribution in [0, 0.1) is 13.8 Å². The predicted molar refractivity (Wildman–Crippen MR) is 79.1 cm³/mol. The first-order valence-corrected chi connectivity index (χ1v) is 7.02. The molecule has 6 heteroatoms. The molecule has 0 aliphatic heterocycles. The van der Waals surface area contributed by atoms with E-state index in [1.54, 1.807) is 17.1 Å². The lowest BCUT2D eigenvalue weighted by Crippen LogP contribution is -2.41. The van der Waals surface area contributed by atoms with Crippen molar-refractivity contribution in [3.8, 4) is 0 Å². The Morgan fingerprint density at radius 1 is 1.38 bits per heavy atom. The quantitative estimate of drug-likeness (QED) is 0.939. The molecule has 1 N–H and O–H groups in total. The third-order valence-electron chi connectivity index (χ3n) is 3.48. The molecule has 0 saturated carbocycles. The van der Waals surface area contributed by atoms with Gasteiger partial charge in [-0.05, 0) is 41.5 Å². The smallest absolute Gasteiger partial charge is 0.255 e. The van der Waals surface area contributed by atoms with Crippen LogP contribution in [0.3, 0.4) is 0 Å². The molecule has 2 aromatic rings. The lowest BCUT2D eigenvalue weighted by Gasteiger charge is -2.26. The van der Waals surface area contributed by atoms with Crippen LogP contribution in [-0.4, -0.2) is 20.8 Å². The number of hydrogen-bond acceptors (Lipinski definition) is 4. The number of nitrogens with zero attached hydrogens (tertiary/aromatic N) is 3. The molecule has 0 unspecified atom stereocenters. The van der Waals surface area contributed by atoms with Crippen LogP contribution in [0.2, 0.25) is 0 Å². The molecule has 6 nitrogen and oxygen atoms in total. The van der Waals surface area contributed by atoms with Gasteiger partial charge in [0.2, 0.25) is 0 Å². The van der Waals surface area contributed by atoms with Crippen LogP contribution in [0.25, 0.3) is 0 Å². The van der Waals surface area contributed by atoms with Gasteiger partial charge >= 0.3 is 0 Å². The Morgan fingerprint density at radius 3 is 2.52 bits per heavy atom. The zero-order valence-corrected chi connectivity index (χ0v) is 13.4. The van der Waals surface area contributed by atoms with E-state index in [1.807, 2.05) is 41.5 Å². The summed E-state index contributed by atoms with van der Waals surface area (Å²) in [6.45, 7) is 11.6. The van der Waals surface area contributed by atoms with E-state index in [9.17, 15) is 4.79 Å². The summed E-state index contributed by atoms with van der Waals surface area (Å²) in [5, 5.41) is 11.2. The number of rotatable bonds is 4. The highest BCUT2D eigenvalue weighted by Crippen LogP contribution is 2.27. The van der Waals surface area contributed by atoms with Crippen molar-refractivity contribution in [3.63, 3.8) is 0 Å². The maximum Gasteiger partial charge on any atom is 0.255 e. The lowest BCUT2D eigenvalue weighted by atomic mass is 9.92. The Kier molecular flexibility index (Phi) is 3.89. The second-order valence-electron chi connectivity index (χ2n) is 6.08. The van der Waals surface area contributed by atoms with Crippen molar-refractivity contribution in [3.05, 3.63) is 35.0 Å². The van der Waals surface area contributed by atoms with Gasteiger partial charge in [-0.1, -0.05) is 5.16 Å². The van der Waals surface area contributed by atoms with Gasteiger partial charge in [0.25, 0.3) is 5.91 Å². The van der Waals surface area contributed by atoms with E-state index in [-0.39, 0.29) is 11.9 Å². The number of nitrogens with one attached hydrogen (secondary N) is 1. The Labute approximate surface area is 124 Å². The summed E-state index contributed by atoms with van der Waals surface area (Å²) < 4.78 is 6.95. The first-order valence-electron chi connectivity index (χ1n) is 7.02. The fourth-order valence-corrected chi connectivity index (χ4v) is 2.53. The number of carbonyl (C=O) groups is 1. The van der Waals surface area contributed by atoms with E-state index in [2.05, 4.69) is 15.6 Å². The Balaban J connectivity index is 2.21. The zero-order valence-electron chi connectivity index (χ0n) is 13.4. The summed E-state index contributed by atoms with van der Waals surface area (Å²) in [5.41, 5.74) is 1.68. The van der Waals surface area contributed by atoms with E-state index in [0.717, 1.165) is 17.0 Å². The number of hydrogen-bond donors (Lipinski definition) is 1. The number of carbonyl (C=O) groups excluding carboxylic acids is 1. The molecule has 0 aromatic carbocycles. The molecule has 2 aromatic heterocycles. The molecule has 0 fully saturated rings. The monoisotopic (exact) mass is 290 g/mol. The summed E-state index contributed by atoms with van der Waals surface area (Å²) in [4.78, 5) is 12.4. The van der Waals surface area contributed by atoms with E-state index in [1.165, 1.54) is 0 Å². The second-order valence-corrected chi connectivity index (χ2v) is 6.08. The molecule has 0 aliphatic rings. The maximum absolute atomic E-state index is 12.4. The van der Waals surface area contributed by atoms with Crippen molar-refractivity contribution in [2.75, 3.05) is 0 Å². The van der Waals surface area contributed by atoms with E-state index in [4.69, 9.17) is 4.52 Å². The summed E-state index contributed by atoms with van der Waals surface area (Å²) >= 11 is 0. The van der Waals surface area contributed by atoms with Crippen LogP contribution in [0.1, 0.15) is 61.1 Å². The molecule has 0 radical (unpaired) electrons. The topological polar surface area (TPSA) is 73.0 Å². The highest BCUT2D eigenvalue weighted by Gasteiger charge is 2.30. The van der Waals surface area contributed by atoms with Gasteiger partial charge in [0.15, 0.2) is 0 Å². The fourth-order valence-electron chi connectivity index (χ4n) is 2.53. The van der Waals surface area contributed by atoms with Crippen LogP contribution < -0.4 is 5.32 Å². The molecular weight excluding hydrogens is 268 g/mol. The largest absolute Gasteiger partial charge is 0.361 e. The van der Waals surface area contributed by atoms with Crippen molar-refractivity contribution in [2.24, 2.45) is 0 Å². The molecule has 21 heavy (non-hydrogen) atoms. The van der Waals surface area contributed by atoms with E-state index < -0.39 is 5.54 Å². The minimum Gasteiger partial charge on any atom is -0.361 e. The third-order valence-corrected chi connectivity index (χ3v) is 3.48. The average Bonchev–Trinajstić information content (AvgIpc) is 2.96. The Bertz CT molecular complexity index is 633. The Morgan fingerprint density at radius 2 is 2.05 bits per heavy atom. The van der Waals surface area contributed by atoms with Gasteiger partial charge in [-0.15, -0.1) is 0 Å². The third kappa shape index (κ3) is 2.99. The molecule has 0 saturated heterocycles. The van der Waals surface area contributed by atoms with Crippen LogP contribution in [0.15, 0.2) is 16.9 Å². The highest BCUT2D eigenvalue weighted by atomic mass is 16.5. The molecule has 0 aliphatic carbocycles. The van der Waals surface area contributed by atoms with Crippen LogP contribution in [0.5, 0.6) is 0 Å². The number of aromatic nitrogens is 3. The maximum atomic E-state index is 12.4. The highest BCUT2D eigenvalue weighted by molar-refractivity contribution is 5.94. The van der Waals surface area contributed by atoms with Crippen molar-refractivity contribution in [1.29, 1.82) is 0 Å². The predicted octanol–water partition coefficient (Wildman–Crippen LogP) is 2.73. The summed E-state index contributed by atoms with van der Waals surface area (Å²) in [6.07, 6.45) is 3.34. The van der Waals surface area contributed by atoms with Crippen LogP contribution >= 0.6 is 0 Å². The van der Waals surface area contributed by atoms with Gasteiger partial charge in [0.05, 0.1) is 23.0 Å². The van der Waals surface area contributed by atoms with E-state index in [0.29, 0.717) is 5.56 Å². The van der Waals surface area contributed by atoms with Crippen LogP contribution in [-0.2, 0) is 5.54 Å². The lowest BCUT2D eigenvalue weighted by molar-refractivity contribution is 0.0911. The summed E-state index contributed by atoms with van der Waals surface area (Å²) in [7, 11) is 0. The van der Waals surface area contributed by atoms with Gasteiger partial charge < -0.3 is 9.84 Å². The number of amides is 1. The van der Waals surface area contributed by atoms with E-state index >= 15 is 0 Å². The minimum atomic E-state index is -0.564. The molecule has 0 atom stereocenters. The summed E-state index contributed by atoms with van der Waals surface area (Å²) in [6, 6.07) is 0.224.